The Bertz CT molecular complexity index is 236. The molecule has 1 saturated carbocycles. The first kappa shape index (κ1) is 8.07. The van der Waals surface area contributed by atoms with Crippen LogP contribution in [0.2, 0.25) is 0 Å². The number of nitriles is 1. The Morgan fingerprint density at radius 2 is 2.00 bits per heavy atom. The molecule has 0 saturated heterocycles. The van der Waals surface area contributed by atoms with E-state index < -0.39 is 0 Å². The number of rotatable bonds is 2. The van der Waals surface area contributed by atoms with E-state index in [1.165, 1.54) is 18.4 Å². The largest absolute Gasteiger partial charge is 0.192 e. The molecule has 0 aromatic carbocycles. The fourth-order valence-electron chi connectivity index (χ4n) is 1.30. The van der Waals surface area contributed by atoms with E-state index in [2.05, 4.69) is 12.1 Å². The SMILES string of the molecule is C/C=C(\C(C#N)=C/C)C1CC1. The highest BCUT2D eigenvalue weighted by Crippen LogP contribution is 2.39. The van der Waals surface area contributed by atoms with Crippen molar-refractivity contribution in [1.29, 1.82) is 5.26 Å². The molecule has 0 aromatic heterocycles. The van der Waals surface area contributed by atoms with Crippen LogP contribution >= 0.6 is 0 Å². The van der Waals surface area contributed by atoms with E-state index in [9.17, 15) is 0 Å². The zero-order valence-electron chi connectivity index (χ0n) is 7.09. The van der Waals surface area contributed by atoms with Crippen molar-refractivity contribution in [3.63, 3.8) is 0 Å². The van der Waals surface area contributed by atoms with Crippen molar-refractivity contribution in [3.8, 4) is 6.07 Å². The third-order valence-corrected chi connectivity index (χ3v) is 2.05. The van der Waals surface area contributed by atoms with Gasteiger partial charge in [0.2, 0.25) is 0 Å². The molecule has 0 radical (unpaired) electrons. The minimum Gasteiger partial charge on any atom is -0.192 e. The first-order chi connectivity index (χ1) is 5.33. The van der Waals surface area contributed by atoms with Crippen LogP contribution in [-0.2, 0) is 0 Å². The maximum absolute atomic E-state index is 8.75. The third kappa shape index (κ3) is 1.71. The van der Waals surface area contributed by atoms with Gasteiger partial charge in [-0.1, -0.05) is 12.2 Å². The lowest BCUT2D eigenvalue weighted by molar-refractivity contribution is 1.02. The van der Waals surface area contributed by atoms with E-state index in [-0.39, 0.29) is 0 Å². The fraction of sp³-hybridized carbons (Fsp3) is 0.500. The summed E-state index contributed by atoms with van der Waals surface area (Å²) < 4.78 is 0. The number of nitrogens with zero attached hydrogens (tertiary/aromatic N) is 1. The molecule has 58 valence electrons. The standard InChI is InChI=1S/C10H13N/c1-3-8(7-11)10(4-2)9-5-6-9/h3-4,9H,5-6H2,1-2H3/b8-3-,10-4+. The van der Waals surface area contributed by atoms with Gasteiger partial charge in [-0.05, 0) is 38.2 Å². The predicted molar refractivity (Wildman–Crippen MR) is 45.9 cm³/mol. The van der Waals surface area contributed by atoms with Crippen LogP contribution in [0, 0.1) is 17.2 Å². The minimum atomic E-state index is 0.686. The second-order valence-corrected chi connectivity index (χ2v) is 2.83. The lowest BCUT2D eigenvalue weighted by atomic mass is 10.0. The van der Waals surface area contributed by atoms with E-state index >= 15 is 0 Å². The van der Waals surface area contributed by atoms with Gasteiger partial charge >= 0.3 is 0 Å². The maximum atomic E-state index is 8.75. The van der Waals surface area contributed by atoms with Crippen molar-refractivity contribution in [3.05, 3.63) is 23.3 Å². The topological polar surface area (TPSA) is 23.8 Å². The Kier molecular flexibility index (Phi) is 2.48. The van der Waals surface area contributed by atoms with Crippen LogP contribution in [0.4, 0.5) is 0 Å². The summed E-state index contributed by atoms with van der Waals surface area (Å²) in [5, 5.41) is 8.75. The Morgan fingerprint density at radius 3 is 2.27 bits per heavy atom. The second kappa shape index (κ2) is 3.39. The van der Waals surface area contributed by atoms with Crippen LogP contribution in [0.1, 0.15) is 26.7 Å². The zero-order valence-corrected chi connectivity index (χ0v) is 7.09. The van der Waals surface area contributed by atoms with E-state index in [0.29, 0.717) is 5.92 Å². The number of hydrogen-bond donors (Lipinski definition) is 0. The summed E-state index contributed by atoms with van der Waals surface area (Å²) in [6.07, 6.45) is 6.49. The summed E-state index contributed by atoms with van der Waals surface area (Å²) in [6.45, 7) is 3.93. The molecule has 1 heteroatoms. The van der Waals surface area contributed by atoms with Gasteiger partial charge in [0.1, 0.15) is 0 Å². The molecule has 0 unspecified atom stereocenters. The Hall–Kier alpha value is -1.03. The lowest BCUT2D eigenvalue weighted by Crippen LogP contribution is -1.88. The zero-order chi connectivity index (χ0) is 8.27. The van der Waals surface area contributed by atoms with Crippen LogP contribution in [0.3, 0.4) is 0 Å². The highest BCUT2D eigenvalue weighted by molar-refractivity contribution is 5.44. The van der Waals surface area contributed by atoms with Gasteiger partial charge in [0.15, 0.2) is 0 Å². The van der Waals surface area contributed by atoms with Crippen LogP contribution in [-0.4, -0.2) is 0 Å². The molecule has 1 rings (SSSR count). The van der Waals surface area contributed by atoms with Crippen LogP contribution in [0.25, 0.3) is 0 Å². The molecular formula is C10H13N. The molecular weight excluding hydrogens is 134 g/mol. The van der Waals surface area contributed by atoms with E-state index in [0.717, 1.165) is 5.57 Å². The number of hydrogen-bond acceptors (Lipinski definition) is 1. The summed E-state index contributed by atoms with van der Waals surface area (Å²) >= 11 is 0. The van der Waals surface area contributed by atoms with Gasteiger partial charge in [-0.15, -0.1) is 0 Å². The van der Waals surface area contributed by atoms with Crippen molar-refractivity contribution in [1.82, 2.24) is 0 Å². The van der Waals surface area contributed by atoms with Crippen LogP contribution < -0.4 is 0 Å². The highest BCUT2D eigenvalue weighted by Gasteiger charge is 2.26. The lowest BCUT2D eigenvalue weighted by Gasteiger charge is -2.00. The van der Waals surface area contributed by atoms with Crippen molar-refractivity contribution in [2.45, 2.75) is 26.7 Å². The molecule has 1 nitrogen and oxygen atoms in total. The number of allylic oxidation sites excluding steroid dienone is 4. The smallest absolute Gasteiger partial charge is 0.0991 e. The molecule has 0 bridgehead atoms. The molecule has 1 aliphatic carbocycles. The van der Waals surface area contributed by atoms with Crippen molar-refractivity contribution >= 4 is 0 Å². The van der Waals surface area contributed by atoms with Gasteiger partial charge < -0.3 is 0 Å². The van der Waals surface area contributed by atoms with Gasteiger partial charge in [-0.25, -0.2) is 0 Å². The average Bonchev–Trinajstić information content (AvgIpc) is 2.82. The average molecular weight is 147 g/mol. The highest BCUT2D eigenvalue weighted by atomic mass is 14.3. The van der Waals surface area contributed by atoms with Gasteiger partial charge in [0.25, 0.3) is 0 Å². The third-order valence-electron chi connectivity index (χ3n) is 2.05. The fourth-order valence-corrected chi connectivity index (χ4v) is 1.30. The molecule has 0 amide bonds. The summed E-state index contributed by atoms with van der Waals surface area (Å²) in [7, 11) is 0. The molecule has 1 aliphatic rings. The Balaban J connectivity index is 2.78. The van der Waals surface area contributed by atoms with Gasteiger partial charge in [0.05, 0.1) is 11.6 Å². The summed E-state index contributed by atoms with van der Waals surface area (Å²) in [6, 6.07) is 2.22. The molecule has 0 aliphatic heterocycles. The first-order valence-electron chi connectivity index (χ1n) is 4.06. The van der Waals surface area contributed by atoms with Gasteiger partial charge in [-0.2, -0.15) is 5.26 Å². The summed E-state index contributed by atoms with van der Waals surface area (Å²) in [4.78, 5) is 0. The molecule has 0 N–H and O–H groups in total. The van der Waals surface area contributed by atoms with Gasteiger partial charge in [-0.3, -0.25) is 0 Å². The quantitative estimate of drug-likeness (QED) is 0.435. The van der Waals surface area contributed by atoms with E-state index in [1.54, 1.807) is 0 Å². The first-order valence-corrected chi connectivity index (χ1v) is 4.06. The summed E-state index contributed by atoms with van der Waals surface area (Å²) in [5.74, 6) is 0.686. The summed E-state index contributed by atoms with van der Waals surface area (Å²) in [5.41, 5.74) is 2.10. The van der Waals surface area contributed by atoms with Crippen molar-refractivity contribution in [2.24, 2.45) is 5.92 Å². The second-order valence-electron chi connectivity index (χ2n) is 2.83. The molecule has 11 heavy (non-hydrogen) atoms. The monoisotopic (exact) mass is 147 g/mol. The Morgan fingerprint density at radius 1 is 1.36 bits per heavy atom. The van der Waals surface area contributed by atoms with Crippen molar-refractivity contribution < 1.29 is 0 Å². The normalized spacial score (nSPS) is 19.7. The maximum Gasteiger partial charge on any atom is 0.0991 e. The molecule has 0 atom stereocenters. The van der Waals surface area contributed by atoms with Gasteiger partial charge in [0, 0.05) is 0 Å². The van der Waals surface area contributed by atoms with E-state index in [1.807, 2.05) is 19.9 Å². The van der Waals surface area contributed by atoms with Crippen molar-refractivity contribution in [2.75, 3.05) is 0 Å². The van der Waals surface area contributed by atoms with E-state index in [4.69, 9.17) is 5.26 Å². The molecule has 1 fully saturated rings. The van der Waals surface area contributed by atoms with Crippen LogP contribution in [0.15, 0.2) is 23.3 Å². The molecule has 0 spiro atoms. The predicted octanol–water partition coefficient (Wildman–Crippen LogP) is 2.81. The Labute approximate surface area is 68.0 Å². The molecule has 0 aromatic rings. The molecule has 0 heterocycles. The minimum absolute atomic E-state index is 0.686. The van der Waals surface area contributed by atoms with Crippen LogP contribution in [0.5, 0.6) is 0 Å².